The molecule has 0 saturated carbocycles. The maximum absolute atomic E-state index is 10.6. The quantitative estimate of drug-likeness (QED) is 0.503. The van der Waals surface area contributed by atoms with Gasteiger partial charge in [0.2, 0.25) is 0 Å². The average molecular weight is 265 g/mol. The van der Waals surface area contributed by atoms with Gasteiger partial charge < -0.3 is 10.6 Å². The van der Waals surface area contributed by atoms with Gasteiger partial charge in [0, 0.05) is 25.2 Å². The fourth-order valence-corrected chi connectivity index (χ4v) is 2.48. The Bertz CT molecular complexity index is 453. The first-order valence-corrected chi connectivity index (χ1v) is 6.27. The number of nitro benzene ring substituents is 1. The van der Waals surface area contributed by atoms with Crippen LogP contribution in [0.4, 0.5) is 5.69 Å². The fraction of sp³-hybridized carbons (Fsp3) is 0.417. The van der Waals surface area contributed by atoms with Crippen molar-refractivity contribution >= 4 is 23.0 Å². The van der Waals surface area contributed by atoms with E-state index in [9.17, 15) is 10.1 Å². The number of thiocarbonyl (C=S) groups is 1. The average Bonchev–Trinajstić information content (AvgIpc) is 2.39. The van der Waals surface area contributed by atoms with Crippen LogP contribution in [0, 0.1) is 10.1 Å². The number of hydrogen-bond donors (Lipinski definition) is 1. The molecule has 0 radical (unpaired) electrons. The molecular formula is C12H15N3O2S. The summed E-state index contributed by atoms with van der Waals surface area (Å²) in [6.07, 6.45) is 1.96. The Balaban J connectivity index is 2.01. The van der Waals surface area contributed by atoms with Crippen LogP contribution in [0.15, 0.2) is 24.3 Å². The summed E-state index contributed by atoms with van der Waals surface area (Å²) >= 11 is 4.95. The zero-order valence-corrected chi connectivity index (χ0v) is 10.7. The van der Waals surface area contributed by atoms with Crippen molar-refractivity contribution in [3.05, 3.63) is 39.9 Å². The van der Waals surface area contributed by atoms with Crippen LogP contribution in [0.1, 0.15) is 24.3 Å². The van der Waals surface area contributed by atoms with Gasteiger partial charge in [-0.3, -0.25) is 10.1 Å². The van der Waals surface area contributed by atoms with E-state index in [0.29, 0.717) is 11.0 Å². The lowest BCUT2D eigenvalue weighted by molar-refractivity contribution is -0.384. The van der Waals surface area contributed by atoms with Crippen molar-refractivity contribution in [3.63, 3.8) is 0 Å². The first kappa shape index (κ1) is 12.8. The lowest BCUT2D eigenvalue weighted by atomic mass is 9.89. The minimum absolute atomic E-state index is 0.138. The zero-order chi connectivity index (χ0) is 13.1. The molecule has 1 saturated heterocycles. The first-order chi connectivity index (χ1) is 8.58. The summed E-state index contributed by atoms with van der Waals surface area (Å²) in [5.41, 5.74) is 6.88. The maximum atomic E-state index is 10.6. The summed E-state index contributed by atoms with van der Waals surface area (Å²) in [5.74, 6) is 0.441. The molecule has 2 N–H and O–H groups in total. The molecule has 0 bridgehead atoms. The Morgan fingerprint density at radius 3 is 2.33 bits per heavy atom. The molecule has 0 amide bonds. The van der Waals surface area contributed by atoms with Crippen molar-refractivity contribution in [1.82, 2.24) is 4.90 Å². The highest BCUT2D eigenvalue weighted by molar-refractivity contribution is 7.80. The van der Waals surface area contributed by atoms with Crippen molar-refractivity contribution in [3.8, 4) is 0 Å². The van der Waals surface area contributed by atoms with Gasteiger partial charge in [0.05, 0.1) is 4.92 Å². The summed E-state index contributed by atoms with van der Waals surface area (Å²) in [7, 11) is 0. The van der Waals surface area contributed by atoms with Gasteiger partial charge in [-0.05, 0) is 36.5 Å². The maximum Gasteiger partial charge on any atom is 0.269 e. The molecule has 5 nitrogen and oxygen atoms in total. The van der Waals surface area contributed by atoms with E-state index in [1.807, 2.05) is 17.0 Å². The number of hydrogen-bond acceptors (Lipinski definition) is 3. The normalized spacial score (nSPS) is 16.6. The third-order valence-electron chi connectivity index (χ3n) is 3.38. The van der Waals surface area contributed by atoms with Crippen LogP contribution >= 0.6 is 12.2 Å². The zero-order valence-electron chi connectivity index (χ0n) is 9.91. The SMILES string of the molecule is NC(=S)N1CCC(c2ccc([N+](=O)[O-])cc2)CC1. The van der Waals surface area contributed by atoms with Gasteiger partial charge in [-0.15, -0.1) is 0 Å². The van der Waals surface area contributed by atoms with E-state index in [4.69, 9.17) is 18.0 Å². The second kappa shape index (κ2) is 5.30. The molecule has 0 unspecified atom stereocenters. The van der Waals surface area contributed by atoms with Crippen molar-refractivity contribution in [2.24, 2.45) is 5.73 Å². The van der Waals surface area contributed by atoms with Crippen molar-refractivity contribution < 1.29 is 4.92 Å². The van der Waals surface area contributed by atoms with E-state index in [0.717, 1.165) is 31.5 Å². The van der Waals surface area contributed by atoms with Crippen molar-refractivity contribution in [2.45, 2.75) is 18.8 Å². The Kier molecular flexibility index (Phi) is 3.76. The van der Waals surface area contributed by atoms with Crippen LogP contribution in [0.2, 0.25) is 0 Å². The smallest absolute Gasteiger partial charge is 0.269 e. The molecule has 0 aromatic heterocycles. The second-order valence-electron chi connectivity index (χ2n) is 4.45. The first-order valence-electron chi connectivity index (χ1n) is 5.86. The summed E-state index contributed by atoms with van der Waals surface area (Å²) in [5, 5.41) is 11.0. The number of non-ortho nitro benzene ring substituents is 1. The summed E-state index contributed by atoms with van der Waals surface area (Å²) in [6.45, 7) is 1.72. The van der Waals surface area contributed by atoms with Crippen LogP contribution in [-0.4, -0.2) is 28.0 Å². The lowest BCUT2D eigenvalue weighted by Gasteiger charge is -2.32. The minimum Gasteiger partial charge on any atom is -0.376 e. The minimum atomic E-state index is -0.376. The molecule has 0 spiro atoms. The van der Waals surface area contributed by atoms with Crippen LogP contribution in [0.5, 0.6) is 0 Å². The number of rotatable bonds is 2. The molecule has 0 aliphatic carbocycles. The molecule has 6 heteroatoms. The van der Waals surface area contributed by atoms with E-state index >= 15 is 0 Å². The lowest BCUT2D eigenvalue weighted by Crippen LogP contribution is -2.40. The van der Waals surface area contributed by atoms with E-state index < -0.39 is 0 Å². The highest BCUT2D eigenvalue weighted by Gasteiger charge is 2.21. The molecular weight excluding hydrogens is 250 g/mol. The van der Waals surface area contributed by atoms with Gasteiger partial charge in [0.25, 0.3) is 5.69 Å². The Hall–Kier alpha value is -1.69. The van der Waals surface area contributed by atoms with E-state index in [1.165, 1.54) is 0 Å². The molecule has 1 heterocycles. The molecule has 18 heavy (non-hydrogen) atoms. The second-order valence-corrected chi connectivity index (χ2v) is 4.87. The molecule has 0 atom stereocenters. The number of piperidine rings is 1. The summed E-state index contributed by atoms with van der Waals surface area (Å²) in [6, 6.07) is 6.82. The highest BCUT2D eigenvalue weighted by atomic mass is 32.1. The number of benzene rings is 1. The fourth-order valence-electron chi connectivity index (χ4n) is 2.30. The molecule has 1 aliphatic rings. The largest absolute Gasteiger partial charge is 0.376 e. The highest BCUT2D eigenvalue weighted by Crippen LogP contribution is 2.28. The van der Waals surface area contributed by atoms with Gasteiger partial charge >= 0.3 is 0 Å². The predicted octanol–water partition coefficient (Wildman–Crippen LogP) is 2.02. The van der Waals surface area contributed by atoms with E-state index in [-0.39, 0.29) is 10.6 Å². The number of nitro groups is 1. The molecule has 1 aliphatic heterocycles. The third-order valence-corrected chi connectivity index (χ3v) is 3.64. The Morgan fingerprint density at radius 1 is 1.33 bits per heavy atom. The third kappa shape index (κ3) is 2.76. The van der Waals surface area contributed by atoms with Crippen molar-refractivity contribution in [2.75, 3.05) is 13.1 Å². The summed E-state index contributed by atoms with van der Waals surface area (Å²) in [4.78, 5) is 12.2. The molecule has 2 rings (SSSR count). The van der Waals surface area contributed by atoms with Crippen LogP contribution < -0.4 is 5.73 Å². The van der Waals surface area contributed by atoms with Crippen molar-refractivity contribution in [1.29, 1.82) is 0 Å². The monoisotopic (exact) mass is 265 g/mol. The van der Waals surface area contributed by atoms with Gasteiger partial charge in [0.1, 0.15) is 0 Å². The number of nitrogens with two attached hydrogens (primary N) is 1. The Morgan fingerprint density at radius 2 is 1.89 bits per heavy atom. The Labute approximate surface area is 111 Å². The van der Waals surface area contributed by atoms with Gasteiger partial charge in [-0.1, -0.05) is 12.1 Å². The van der Waals surface area contributed by atoms with Gasteiger partial charge in [-0.25, -0.2) is 0 Å². The van der Waals surface area contributed by atoms with Gasteiger partial charge in [-0.2, -0.15) is 0 Å². The molecule has 1 aromatic carbocycles. The predicted molar refractivity (Wildman–Crippen MR) is 73.4 cm³/mol. The van der Waals surface area contributed by atoms with E-state index in [1.54, 1.807) is 12.1 Å². The van der Waals surface area contributed by atoms with Gasteiger partial charge in [0.15, 0.2) is 5.11 Å². The summed E-state index contributed by atoms with van der Waals surface area (Å²) < 4.78 is 0. The molecule has 96 valence electrons. The van der Waals surface area contributed by atoms with Crippen LogP contribution in [0.25, 0.3) is 0 Å². The van der Waals surface area contributed by atoms with Crippen LogP contribution in [-0.2, 0) is 0 Å². The van der Waals surface area contributed by atoms with Crippen LogP contribution in [0.3, 0.4) is 0 Å². The van der Waals surface area contributed by atoms with E-state index in [2.05, 4.69) is 0 Å². The number of nitrogens with zero attached hydrogens (tertiary/aromatic N) is 2. The number of likely N-dealkylation sites (tertiary alicyclic amines) is 1. The topological polar surface area (TPSA) is 72.4 Å². The molecule has 1 fully saturated rings. The standard InChI is InChI=1S/C12H15N3O2S/c13-12(18)14-7-5-10(6-8-14)9-1-3-11(4-2-9)15(16)17/h1-4,10H,5-8H2,(H2,13,18). The molecule has 1 aromatic rings.